The third-order valence-corrected chi connectivity index (χ3v) is 15.3. The van der Waals surface area contributed by atoms with Gasteiger partial charge in [-0.2, -0.15) is 0 Å². The van der Waals surface area contributed by atoms with E-state index < -0.39 is 35.4 Å². The van der Waals surface area contributed by atoms with Gasteiger partial charge in [0.25, 0.3) is 0 Å². The molecule has 1 aliphatic carbocycles. The van der Waals surface area contributed by atoms with Gasteiger partial charge in [-0.1, -0.05) is 140 Å². The first-order chi connectivity index (χ1) is 29.3. The molecule has 2 unspecified atom stereocenters. The number of rotatable bonds is 20. The van der Waals surface area contributed by atoms with E-state index in [4.69, 9.17) is 0 Å². The fourth-order valence-corrected chi connectivity index (χ4v) is 12.1. The summed E-state index contributed by atoms with van der Waals surface area (Å²) in [5, 5.41) is 36.0. The first-order valence-electron chi connectivity index (χ1n) is 24.0. The SMILES string of the molecule is CCCCCCCCCCC12CCC(=O)N1c1cccc3c(C4C(O)C(c5ccc6c7c(cccc57)N5C(=O)CCC5(CCCCCCCCCC)N6)C4O)ccc(c13)N2. The van der Waals surface area contributed by atoms with Gasteiger partial charge >= 0.3 is 0 Å². The molecule has 2 saturated heterocycles. The second-order valence-corrected chi connectivity index (χ2v) is 19.1. The number of carbonyl (C=O) groups is 2. The zero-order valence-corrected chi connectivity index (χ0v) is 36.2. The highest BCUT2D eigenvalue weighted by Gasteiger charge is 2.54. The number of carbonyl (C=O) groups excluding carboxylic acids is 2. The molecule has 0 bridgehead atoms. The molecule has 0 radical (unpaired) electrons. The summed E-state index contributed by atoms with van der Waals surface area (Å²) in [5.41, 5.74) is 4.92. The Labute approximate surface area is 357 Å². The van der Waals surface area contributed by atoms with Crippen molar-refractivity contribution < 1.29 is 19.8 Å². The maximum Gasteiger partial charge on any atom is 0.229 e. The first-order valence-corrected chi connectivity index (χ1v) is 24.0. The van der Waals surface area contributed by atoms with Crippen LogP contribution >= 0.6 is 0 Å². The second kappa shape index (κ2) is 17.3. The molecule has 0 spiro atoms. The number of benzene rings is 4. The van der Waals surface area contributed by atoms with E-state index in [1.54, 1.807) is 0 Å². The Morgan fingerprint density at radius 2 is 0.917 bits per heavy atom. The summed E-state index contributed by atoms with van der Waals surface area (Å²) in [6.07, 6.45) is 22.9. The van der Waals surface area contributed by atoms with Crippen LogP contribution in [0.1, 0.15) is 178 Å². The molecular weight excluding hydrogens is 745 g/mol. The molecule has 5 aliphatic rings. The number of aliphatic hydroxyl groups is 2. The molecule has 4 heterocycles. The Balaban J connectivity index is 0.936. The van der Waals surface area contributed by atoms with Crippen molar-refractivity contribution >= 4 is 56.1 Å². The standard InChI is InChI=1S/C52H68N4O4/c1-3-5-7-9-11-13-15-17-31-51-33-29-43(57)55(51)41-23-19-21-35-37(25-27-39(53-51)45(35)41)47-49(59)48(50(47)60)38-26-28-40-46-36(38)22-20-24-42(46)56-44(58)30-34-52(56,54-40)32-18-16-14-12-10-8-6-4-2/h19-28,47-50,53-54,59-60H,3-18,29-34H2,1-2H3. The lowest BCUT2D eigenvalue weighted by Gasteiger charge is -2.49. The lowest BCUT2D eigenvalue weighted by molar-refractivity contribution is -0.118. The summed E-state index contributed by atoms with van der Waals surface area (Å²) < 4.78 is 0. The van der Waals surface area contributed by atoms with Crippen molar-refractivity contribution in [2.75, 3.05) is 20.4 Å². The minimum atomic E-state index is -0.814. The van der Waals surface area contributed by atoms with Gasteiger partial charge < -0.3 is 20.8 Å². The van der Waals surface area contributed by atoms with Crippen LogP contribution in [0.5, 0.6) is 0 Å². The van der Waals surface area contributed by atoms with E-state index in [0.717, 1.165) is 93.9 Å². The van der Waals surface area contributed by atoms with Crippen molar-refractivity contribution in [3.05, 3.63) is 71.8 Å². The maximum absolute atomic E-state index is 13.7. The van der Waals surface area contributed by atoms with Crippen LogP contribution in [0.3, 0.4) is 0 Å². The van der Waals surface area contributed by atoms with Gasteiger partial charge in [-0.05, 0) is 84.7 Å². The Morgan fingerprint density at radius 3 is 1.32 bits per heavy atom. The Hall–Kier alpha value is -4.14. The van der Waals surface area contributed by atoms with Crippen LogP contribution in [0.4, 0.5) is 22.7 Å². The summed E-state index contributed by atoms with van der Waals surface area (Å²) in [5.74, 6) is -0.650. The van der Waals surface area contributed by atoms with E-state index in [0.29, 0.717) is 12.8 Å². The van der Waals surface area contributed by atoms with Gasteiger partial charge in [0.15, 0.2) is 0 Å². The molecule has 2 amide bonds. The van der Waals surface area contributed by atoms with E-state index in [-0.39, 0.29) is 11.8 Å². The zero-order valence-electron chi connectivity index (χ0n) is 36.2. The highest BCUT2D eigenvalue weighted by atomic mass is 16.3. The van der Waals surface area contributed by atoms with E-state index in [2.05, 4.69) is 73.0 Å². The van der Waals surface area contributed by atoms with Gasteiger partial charge in [0, 0.05) is 46.8 Å². The Bertz CT molecular complexity index is 2060. The number of unbranched alkanes of at least 4 members (excludes halogenated alkanes) is 14. The summed E-state index contributed by atoms with van der Waals surface area (Å²) in [4.78, 5) is 31.4. The predicted octanol–water partition coefficient (Wildman–Crippen LogP) is 12.2. The van der Waals surface area contributed by atoms with E-state index in [1.165, 1.54) is 89.9 Å². The molecule has 9 rings (SSSR count). The highest BCUT2D eigenvalue weighted by Crippen LogP contribution is 2.56. The molecule has 1 saturated carbocycles. The van der Waals surface area contributed by atoms with Crippen LogP contribution in [-0.4, -0.2) is 45.6 Å². The number of nitrogens with zero attached hydrogens (tertiary/aromatic N) is 2. The van der Waals surface area contributed by atoms with Gasteiger partial charge in [0.05, 0.1) is 23.6 Å². The average Bonchev–Trinajstić information content (AvgIpc) is 3.77. The second-order valence-electron chi connectivity index (χ2n) is 19.1. The molecule has 8 nitrogen and oxygen atoms in total. The van der Waals surface area contributed by atoms with E-state index in [9.17, 15) is 19.8 Å². The molecule has 0 aromatic heterocycles. The smallest absolute Gasteiger partial charge is 0.229 e. The van der Waals surface area contributed by atoms with Crippen LogP contribution in [-0.2, 0) is 9.59 Å². The molecule has 3 fully saturated rings. The van der Waals surface area contributed by atoms with Gasteiger partial charge in [-0.3, -0.25) is 19.4 Å². The quantitative estimate of drug-likeness (QED) is 0.0663. The number of anilines is 4. The lowest BCUT2D eigenvalue weighted by atomic mass is 9.62. The number of amides is 2. The number of hydrogen-bond acceptors (Lipinski definition) is 6. The van der Waals surface area contributed by atoms with Gasteiger partial charge in [-0.25, -0.2) is 0 Å². The molecule has 8 heteroatoms. The number of nitrogens with one attached hydrogen (secondary N) is 2. The molecule has 4 aromatic carbocycles. The largest absolute Gasteiger partial charge is 0.392 e. The molecule has 4 aromatic rings. The van der Waals surface area contributed by atoms with Crippen molar-refractivity contribution in [2.45, 2.75) is 190 Å². The molecular formula is C52H68N4O4. The third kappa shape index (κ3) is 7.07. The molecule has 320 valence electrons. The number of fused-ring (bicyclic) bond motifs is 4. The van der Waals surface area contributed by atoms with Crippen LogP contribution in [0.25, 0.3) is 21.5 Å². The third-order valence-electron chi connectivity index (χ3n) is 15.3. The van der Waals surface area contributed by atoms with E-state index >= 15 is 0 Å². The number of hydrogen-bond donors (Lipinski definition) is 4. The van der Waals surface area contributed by atoms with E-state index in [1.807, 2.05) is 21.9 Å². The zero-order chi connectivity index (χ0) is 41.4. The van der Waals surface area contributed by atoms with Crippen LogP contribution < -0.4 is 20.4 Å². The van der Waals surface area contributed by atoms with Crippen molar-refractivity contribution in [1.82, 2.24) is 0 Å². The summed E-state index contributed by atoms with van der Waals surface area (Å²) in [7, 11) is 0. The highest BCUT2D eigenvalue weighted by molar-refractivity contribution is 6.15. The van der Waals surface area contributed by atoms with Crippen molar-refractivity contribution in [3.8, 4) is 0 Å². The first kappa shape index (κ1) is 41.2. The normalized spacial score (nSPS) is 26.3. The number of aliphatic hydroxyl groups excluding tert-OH is 2. The summed E-state index contributed by atoms with van der Waals surface area (Å²) >= 11 is 0. The van der Waals surface area contributed by atoms with Gasteiger partial charge in [0.2, 0.25) is 11.8 Å². The van der Waals surface area contributed by atoms with Crippen molar-refractivity contribution in [2.24, 2.45) is 0 Å². The molecule has 4 N–H and O–H groups in total. The lowest BCUT2D eigenvalue weighted by Crippen LogP contribution is -2.54. The molecule has 4 aliphatic heterocycles. The Morgan fingerprint density at radius 1 is 0.533 bits per heavy atom. The Kier molecular flexibility index (Phi) is 11.9. The van der Waals surface area contributed by atoms with Crippen molar-refractivity contribution in [1.29, 1.82) is 0 Å². The summed E-state index contributed by atoms with van der Waals surface area (Å²) in [6.45, 7) is 4.52. The van der Waals surface area contributed by atoms with Crippen molar-refractivity contribution in [3.63, 3.8) is 0 Å². The van der Waals surface area contributed by atoms with Gasteiger partial charge in [-0.15, -0.1) is 0 Å². The fraction of sp³-hybridized carbons (Fsp3) is 0.577. The minimum Gasteiger partial charge on any atom is -0.392 e. The van der Waals surface area contributed by atoms with Crippen LogP contribution in [0, 0.1) is 0 Å². The molecule has 2 atom stereocenters. The maximum atomic E-state index is 13.7. The average molecular weight is 813 g/mol. The molecule has 60 heavy (non-hydrogen) atoms. The van der Waals surface area contributed by atoms with Crippen LogP contribution in [0.15, 0.2) is 60.7 Å². The summed E-state index contributed by atoms with van der Waals surface area (Å²) in [6, 6.07) is 20.8. The monoisotopic (exact) mass is 813 g/mol. The minimum absolute atomic E-state index is 0.160. The van der Waals surface area contributed by atoms with Crippen LogP contribution in [0.2, 0.25) is 0 Å². The predicted molar refractivity (Wildman–Crippen MR) is 246 cm³/mol. The van der Waals surface area contributed by atoms with Gasteiger partial charge in [0.1, 0.15) is 11.3 Å². The fourth-order valence-electron chi connectivity index (χ4n) is 12.1. The topological polar surface area (TPSA) is 105 Å².